The fourth-order valence-corrected chi connectivity index (χ4v) is 5.35. The van der Waals surface area contributed by atoms with Gasteiger partial charge in [-0.25, -0.2) is 14.8 Å². The average molecular weight is 489 g/mol. The molecule has 1 amide bonds. The first-order valence-corrected chi connectivity index (χ1v) is 12.7. The number of nitrogens with one attached hydrogen (secondary N) is 1. The summed E-state index contributed by atoms with van der Waals surface area (Å²) in [7, 11) is 0. The van der Waals surface area contributed by atoms with Gasteiger partial charge in [0, 0.05) is 24.3 Å². The van der Waals surface area contributed by atoms with Crippen molar-refractivity contribution >= 4 is 11.8 Å². The molecule has 2 saturated heterocycles. The molecule has 8 heteroatoms. The van der Waals surface area contributed by atoms with Gasteiger partial charge in [0.15, 0.2) is 0 Å². The number of anilines is 1. The van der Waals surface area contributed by atoms with Crippen LogP contribution in [0, 0.1) is 0 Å². The number of hydrazine groups is 1. The molecule has 3 unspecified atom stereocenters. The number of carbonyl (C=O) groups excluding carboxylic acids is 1. The van der Waals surface area contributed by atoms with Gasteiger partial charge >= 0.3 is 6.09 Å². The predicted molar refractivity (Wildman–Crippen MR) is 141 cm³/mol. The maximum Gasteiger partial charge on any atom is 0.410 e. The highest BCUT2D eigenvalue weighted by atomic mass is 16.6. The SMILES string of the molecule is CC(C)(C)OC(=O)N1CCCC1c1ncc(-c2ccc(C3CCC(c4ccc(N)cc4)N3N)cc2)[nH]1. The Labute approximate surface area is 212 Å². The number of aromatic nitrogens is 2. The van der Waals surface area contributed by atoms with E-state index in [1.165, 1.54) is 11.1 Å². The molecule has 8 nitrogen and oxygen atoms in total. The molecule has 0 spiro atoms. The Kier molecular flexibility index (Phi) is 6.49. The van der Waals surface area contributed by atoms with Crippen LogP contribution in [0.15, 0.2) is 54.7 Å². The average Bonchev–Trinajstić information content (AvgIpc) is 3.58. The van der Waals surface area contributed by atoms with Gasteiger partial charge in [-0.2, -0.15) is 0 Å². The molecule has 0 bridgehead atoms. The molecule has 0 aliphatic carbocycles. The number of rotatable bonds is 4. The molecule has 0 radical (unpaired) electrons. The molecule has 2 aliphatic rings. The Morgan fingerprint density at radius 2 is 1.58 bits per heavy atom. The summed E-state index contributed by atoms with van der Waals surface area (Å²) >= 11 is 0. The molecule has 3 heterocycles. The molecule has 2 aromatic carbocycles. The highest BCUT2D eigenvalue weighted by Crippen LogP contribution is 2.42. The second-order valence-electron chi connectivity index (χ2n) is 10.9. The number of benzene rings is 2. The number of hydrogen-bond donors (Lipinski definition) is 3. The number of likely N-dealkylation sites (tertiary alicyclic amines) is 1. The number of aromatic amines is 1. The van der Waals surface area contributed by atoms with Gasteiger partial charge in [0.1, 0.15) is 11.4 Å². The van der Waals surface area contributed by atoms with E-state index < -0.39 is 5.60 Å². The van der Waals surface area contributed by atoms with Gasteiger partial charge in [0.05, 0.1) is 17.9 Å². The van der Waals surface area contributed by atoms with E-state index >= 15 is 0 Å². The number of hydrogen-bond acceptors (Lipinski definition) is 6. The summed E-state index contributed by atoms with van der Waals surface area (Å²) in [5.74, 6) is 7.37. The maximum atomic E-state index is 12.7. The number of nitrogen functional groups attached to an aromatic ring is 1. The lowest BCUT2D eigenvalue weighted by Crippen LogP contribution is -2.36. The van der Waals surface area contributed by atoms with Crippen LogP contribution >= 0.6 is 0 Å². The lowest BCUT2D eigenvalue weighted by Gasteiger charge is -2.27. The molecule has 3 aromatic rings. The van der Waals surface area contributed by atoms with Gasteiger partial charge in [0.25, 0.3) is 0 Å². The van der Waals surface area contributed by atoms with Crippen LogP contribution in [0.4, 0.5) is 10.5 Å². The lowest BCUT2D eigenvalue weighted by atomic mass is 10.0. The largest absolute Gasteiger partial charge is 0.444 e. The number of amides is 1. The van der Waals surface area contributed by atoms with E-state index in [1.54, 1.807) is 4.90 Å². The van der Waals surface area contributed by atoms with Crippen LogP contribution < -0.4 is 11.6 Å². The first-order valence-electron chi connectivity index (χ1n) is 12.7. The summed E-state index contributed by atoms with van der Waals surface area (Å²) < 4.78 is 5.60. The minimum absolute atomic E-state index is 0.0950. The Morgan fingerprint density at radius 3 is 2.19 bits per heavy atom. The monoisotopic (exact) mass is 488 g/mol. The van der Waals surface area contributed by atoms with Crippen LogP contribution in [0.1, 0.15) is 81.5 Å². The van der Waals surface area contributed by atoms with E-state index in [1.807, 2.05) is 44.1 Å². The van der Waals surface area contributed by atoms with Crippen molar-refractivity contribution in [3.05, 3.63) is 71.7 Å². The minimum atomic E-state index is -0.520. The fourth-order valence-electron chi connectivity index (χ4n) is 5.35. The van der Waals surface area contributed by atoms with E-state index in [4.69, 9.17) is 16.3 Å². The topological polar surface area (TPSA) is 114 Å². The van der Waals surface area contributed by atoms with Crippen molar-refractivity contribution in [2.45, 2.75) is 70.2 Å². The third-order valence-electron chi connectivity index (χ3n) is 7.15. The van der Waals surface area contributed by atoms with Gasteiger partial charge in [-0.15, -0.1) is 0 Å². The first kappa shape index (κ1) is 24.3. The molecule has 0 saturated carbocycles. The predicted octanol–water partition coefficient (Wildman–Crippen LogP) is 5.48. The lowest BCUT2D eigenvalue weighted by molar-refractivity contribution is 0.0218. The Morgan fingerprint density at radius 1 is 0.972 bits per heavy atom. The molecule has 5 N–H and O–H groups in total. The number of carbonyl (C=O) groups is 1. The highest BCUT2D eigenvalue weighted by molar-refractivity contribution is 5.69. The summed E-state index contributed by atoms with van der Waals surface area (Å²) in [5, 5.41) is 1.97. The smallest absolute Gasteiger partial charge is 0.410 e. The van der Waals surface area contributed by atoms with Crippen LogP contribution in [0.5, 0.6) is 0 Å². The Balaban J connectivity index is 1.27. The van der Waals surface area contributed by atoms with Gasteiger partial charge in [-0.3, -0.25) is 10.7 Å². The summed E-state index contributed by atoms with van der Waals surface area (Å²) in [4.78, 5) is 22.5. The minimum Gasteiger partial charge on any atom is -0.444 e. The van der Waals surface area contributed by atoms with Crippen LogP contribution in [0.25, 0.3) is 11.3 Å². The standard InChI is InChI=1S/C28H36N6O2/c1-28(2,3)36-27(35)33-16-4-5-25(33)26-31-17-22(32-26)18-6-8-19(9-7-18)23-14-15-24(34(23)30)20-10-12-21(29)13-11-20/h6-13,17,23-25H,4-5,14-16,29-30H2,1-3H3,(H,31,32). The third-order valence-corrected chi connectivity index (χ3v) is 7.15. The fraction of sp³-hybridized carbons (Fsp3) is 0.429. The van der Waals surface area contributed by atoms with E-state index in [0.717, 1.165) is 48.5 Å². The summed E-state index contributed by atoms with van der Waals surface area (Å²) in [6.07, 6.45) is 5.37. The second-order valence-corrected chi connectivity index (χ2v) is 10.9. The summed E-state index contributed by atoms with van der Waals surface area (Å²) in [6.45, 7) is 6.34. The van der Waals surface area contributed by atoms with Gasteiger partial charge in [-0.05, 0) is 75.3 Å². The molecular formula is C28H36N6O2. The number of nitrogens with zero attached hydrogens (tertiary/aromatic N) is 3. The molecular weight excluding hydrogens is 452 g/mol. The first-order chi connectivity index (χ1) is 17.2. The van der Waals surface area contributed by atoms with Crippen molar-refractivity contribution in [1.82, 2.24) is 19.9 Å². The van der Waals surface area contributed by atoms with Crippen molar-refractivity contribution in [1.29, 1.82) is 0 Å². The van der Waals surface area contributed by atoms with Crippen LogP contribution in [0.3, 0.4) is 0 Å². The zero-order valence-electron chi connectivity index (χ0n) is 21.3. The number of H-pyrrole nitrogens is 1. The van der Waals surface area contributed by atoms with Crippen LogP contribution in [-0.2, 0) is 4.74 Å². The zero-order valence-corrected chi connectivity index (χ0v) is 21.3. The third kappa shape index (κ3) is 4.96. The second kappa shape index (κ2) is 9.59. The van der Waals surface area contributed by atoms with E-state index in [2.05, 4.69) is 46.4 Å². The Bertz CT molecular complexity index is 1200. The van der Waals surface area contributed by atoms with Gasteiger partial charge in [-0.1, -0.05) is 36.4 Å². The normalized spacial score (nSPS) is 22.8. The van der Waals surface area contributed by atoms with Crippen LogP contribution in [-0.4, -0.2) is 38.1 Å². The van der Waals surface area contributed by atoms with E-state index in [9.17, 15) is 4.79 Å². The van der Waals surface area contributed by atoms with Gasteiger partial charge in [0.2, 0.25) is 0 Å². The zero-order chi connectivity index (χ0) is 25.4. The molecule has 190 valence electrons. The number of ether oxygens (including phenoxy) is 1. The van der Waals surface area contributed by atoms with Crippen molar-refractivity contribution in [3.63, 3.8) is 0 Å². The van der Waals surface area contributed by atoms with Gasteiger partial charge < -0.3 is 15.5 Å². The molecule has 3 atom stereocenters. The molecule has 2 fully saturated rings. The maximum absolute atomic E-state index is 12.7. The molecule has 1 aromatic heterocycles. The van der Waals surface area contributed by atoms with Crippen molar-refractivity contribution in [2.24, 2.45) is 5.84 Å². The van der Waals surface area contributed by atoms with Crippen molar-refractivity contribution < 1.29 is 9.53 Å². The summed E-state index contributed by atoms with van der Waals surface area (Å²) in [5.41, 5.74) is 10.5. The number of nitrogens with two attached hydrogens (primary N) is 2. The van der Waals surface area contributed by atoms with Crippen molar-refractivity contribution in [2.75, 3.05) is 12.3 Å². The van der Waals surface area contributed by atoms with Crippen molar-refractivity contribution in [3.8, 4) is 11.3 Å². The molecule has 5 rings (SSSR count). The highest BCUT2D eigenvalue weighted by Gasteiger charge is 2.35. The summed E-state index contributed by atoms with van der Waals surface area (Å²) in [6, 6.07) is 16.8. The Hall–Kier alpha value is -3.36. The van der Waals surface area contributed by atoms with E-state index in [0.29, 0.717) is 6.54 Å². The van der Waals surface area contributed by atoms with Crippen LogP contribution in [0.2, 0.25) is 0 Å². The van der Waals surface area contributed by atoms with E-state index in [-0.39, 0.29) is 24.2 Å². The quantitative estimate of drug-likeness (QED) is 0.331. The number of imidazole rings is 1. The molecule has 36 heavy (non-hydrogen) atoms. The molecule has 2 aliphatic heterocycles.